The van der Waals surface area contributed by atoms with E-state index in [0.717, 1.165) is 33.6 Å². The average molecular weight is 327 g/mol. The second-order valence-corrected chi connectivity index (χ2v) is 6.39. The molecule has 0 saturated carbocycles. The van der Waals surface area contributed by atoms with Crippen molar-refractivity contribution in [2.24, 2.45) is 0 Å². The molecule has 0 unspecified atom stereocenters. The number of benzene rings is 1. The number of rotatable bonds is 8. The standard InChI is InChI=1S/C14H18FN3OS2/c1-3-13-17-14(21-18-13)20-12-5-4-11(15)8-10(12)9-16-6-7-19-2/h4-5,8,16H,3,6-7,9H2,1-2H3. The van der Waals surface area contributed by atoms with Crippen molar-refractivity contribution in [2.45, 2.75) is 29.1 Å². The van der Waals surface area contributed by atoms with Gasteiger partial charge in [0, 0.05) is 31.5 Å². The average Bonchev–Trinajstić information content (AvgIpc) is 2.94. The van der Waals surface area contributed by atoms with Gasteiger partial charge in [0.1, 0.15) is 11.6 Å². The van der Waals surface area contributed by atoms with Gasteiger partial charge >= 0.3 is 0 Å². The molecule has 2 aromatic rings. The van der Waals surface area contributed by atoms with Gasteiger partial charge in [-0.1, -0.05) is 18.7 Å². The minimum absolute atomic E-state index is 0.227. The lowest BCUT2D eigenvalue weighted by Gasteiger charge is -2.09. The van der Waals surface area contributed by atoms with Gasteiger partial charge in [-0.15, -0.1) is 0 Å². The number of hydrogen-bond acceptors (Lipinski definition) is 6. The van der Waals surface area contributed by atoms with E-state index < -0.39 is 0 Å². The Hall–Kier alpha value is -1.02. The third-order valence-corrected chi connectivity index (χ3v) is 4.69. The van der Waals surface area contributed by atoms with Gasteiger partial charge in [-0.05, 0) is 35.3 Å². The molecule has 0 fully saturated rings. The molecular formula is C14H18FN3OS2. The summed E-state index contributed by atoms with van der Waals surface area (Å²) in [4.78, 5) is 5.43. The first-order valence-electron chi connectivity index (χ1n) is 6.71. The monoisotopic (exact) mass is 327 g/mol. The summed E-state index contributed by atoms with van der Waals surface area (Å²) < 4.78 is 23.6. The number of ether oxygens (including phenoxy) is 1. The second kappa shape index (κ2) is 8.43. The maximum absolute atomic E-state index is 13.4. The molecule has 1 heterocycles. The third kappa shape index (κ3) is 5.03. The highest BCUT2D eigenvalue weighted by molar-refractivity contribution is 8.01. The fraction of sp³-hybridized carbons (Fsp3) is 0.429. The molecule has 1 aromatic carbocycles. The summed E-state index contributed by atoms with van der Waals surface area (Å²) in [5.74, 6) is 0.624. The molecule has 2 rings (SSSR count). The van der Waals surface area contributed by atoms with Crippen LogP contribution in [0.25, 0.3) is 0 Å². The molecule has 4 nitrogen and oxygen atoms in total. The minimum Gasteiger partial charge on any atom is -0.383 e. The molecule has 114 valence electrons. The van der Waals surface area contributed by atoms with Gasteiger partial charge in [-0.3, -0.25) is 0 Å². The van der Waals surface area contributed by atoms with E-state index in [-0.39, 0.29) is 5.82 Å². The molecule has 0 aliphatic rings. The number of aromatic nitrogens is 2. The van der Waals surface area contributed by atoms with E-state index in [1.54, 1.807) is 19.2 Å². The minimum atomic E-state index is -0.227. The smallest absolute Gasteiger partial charge is 0.174 e. The number of methoxy groups -OCH3 is 1. The van der Waals surface area contributed by atoms with Gasteiger partial charge < -0.3 is 10.1 Å². The first kappa shape index (κ1) is 16.4. The summed E-state index contributed by atoms with van der Waals surface area (Å²) in [7, 11) is 1.66. The van der Waals surface area contributed by atoms with E-state index >= 15 is 0 Å². The SMILES string of the molecule is CCc1nsc(Sc2ccc(F)cc2CNCCOC)n1. The number of nitrogens with zero attached hydrogens (tertiary/aromatic N) is 2. The van der Waals surface area contributed by atoms with Gasteiger partial charge in [-0.2, -0.15) is 4.37 Å². The molecule has 0 bridgehead atoms. The molecule has 0 amide bonds. The summed E-state index contributed by atoms with van der Waals surface area (Å²) >= 11 is 2.91. The van der Waals surface area contributed by atoms with Crippen LogP contribution in [0, 0.1) is 5.82 Å². The van der Waals surface area contributed by atoms with Crippen LogP contribution in [0.15, 0.2) is 27.4 Å². The van der Waals surface area contributed by atoms with Crippen molar-refractivity contribution in [3.8, 4) is 0 Å². The highest BCUT2D eigenvalue weighted by atomic mass is 32.2. The van der Waals surface area contributed by atoms with E-state index in [4.69, 9.17) is 4.74 Å². The van der Waals surface area contributed by atoms with E-state index in [1.807, 2.05) is 6.92 Å². The first-order chi connectivity index (χ1) is 10.2. The number of halogens is 1. The molecule has 0 aliphatic carbocycles. The Morgan fingerprint density at radius 2 is 2.29 bits per heavy atom. The predicted molar refractivity (Wildman–Crippen MR) is 83.4 cm³/mol. The summed E-state index contributed by atoms with van der Waals surface area (Å²) in [5.41, 5.74) is 0.921. The third-order valence-electron chi connectivity index (χ3n) is 2.78. The van der Waals surface area contributed by atoms with E-state index in [2.05, 4.69) is 14.7 Å². The Bertz CT molecular complexity index is 577. The van der Waals surface area contributed by atoms with Crippen molar-refractivity contribution in [2.75, 3.05) is 20.3 Å². The summed E-state index contributed by atoms with van der Waals surface area (Å²) in [6, 6.07) is 4.83. The Labute approximate surface area is 132 Å². The highest BCUT2D eigenvalue weighted by Gasteiger charge is 2.09. The fourth-order valence-electron chi connectivity index (χ4n) is 1.70. The van der Waals surface area contributed by atoms with Crippen LogP contribution in [0.4, 0.5) is 4.39 Å². The van der Waals surface area contributed by atoms with Crippen LogP contribution >= 0.6 is 23.3 Å². The zero-order valence-corrected chi connectivity index (χ0v) is 13.7. The lowest BCUT2D eigenvalue weighted by molar-refractivity contribution is 0.199. The van der Waals surface area contributed by atoms with Crippen molar-refractivity contribution in [3.05, 3.63) is 35.4 Å². The molecule has 0 atom stereocenters. The van der Waals surface area contributed by atoms with Gasteiger partial charge in [0.15, 0.2) is 4.34 Å². The summed E-state index contributed by atoms with van der Waals surface area (Å²) in [6.07, 6.45) is 0.825. The Morgan fingerprint density at radius 1 is 1.43 bits per heavy atom. The molecule has 1 N–H and O–H groups in total. The molecule has 0 spiro atoms. The van der Waals surface area contributed by atoms with Crippen LogP contribution in [-0.4, -0.2) is 29.6 Å². The van der Waals surface area contributed by atoms with Crippen LogP contribution in [-0.2, 0) is 17.7 Å². The summed E-state index contributed by atoms with van der Waals surface area (Å²) in [5, 5.41) is 3.23. The van der Waals surface area contributed by atoms with Crippen molar-refractivity contribution in [1.29, 1.82) is 0 Å². The number of aryl methyl sites for hydroxylation is 1. The Balaban J connectivity index is 2.06. The molecule has 7 heteroatoms. The highest BCUT2D eigenvalue weighted by Crippen LogP contribution is 2.32. The predicted octanol–water partition coefficient (Wildman–Crippen LogP) is 3.13. The number of hydrogen-bond donors (Lipinski definition) is 1. The lowest BCUT2D eigenvalue weighted by atomic mass is 10.2. The van der Waals surface area contributed by atoms with Crippen LogP contribution in [0.5, 0.6) is 0 Å². The topological polar surface area (TPSA) is 47.0 Å². The van der Waals surface area contributed by atoms with Gasteiger partial charge in [0.25, 0.3) is 0 Å². The molecule has 21 heavy (non-hydrogen) atoms. The molecule has 1 aromatic heterocycles. The maximum atomic E-state index is 13.4. The van der Waals surface area contributed by atoms with Crippen LogP contribution < -0.4 is 5.32 Å². The normalized spacial score (nSPS) is 11.0. The van der Waals surface area contributed by atoms with E-state index in [1.165, 1.54) is 29.4 Å². The Kier molecular flexibility index (Phi) is 6.56. The molecule has 0 saturated heterocycles. The largest absolute Gasteiger partial charge is 0.383 e. The molecule has 0 aliphatic heterocycles. The molecule has 0 radical (unpaired) electrons. The quantitative estimate of drug-likeness (QED) is 0.755. The van der Waals surface area contributed by atoms with E-state index in [9.17, 15) is 4.39 Å². The first-order valence-corrected chi connectivity index (χ1v) is 8.30. The van der Waals surface area contributed by atoms with Crippen LogP contribution in [0.1, 0.15) is 18.3 Å². The zero-order valence-electron chi connectivity index (χ0n) is 12.1. The van der Waals surface area contributed by atoms with Crippen LogP contribution in [0.2, 0.25) is 0 Å². The molecular weight excluding hydrogens is 309 g/mol. The fourth-order valence-corrected chi connectivity index (χ4v) is 3.47. The van der Waals surface area contributed by atoms with Gasteiger partial charge in [-0.25, -0.2) is 9.37 Å². The van der Waals surface area contributed by atoms with Gasteiger partial charge in [0.05, 0.1) is 6.61 Å². The maximum Gasteiger partial charge on any atom is 0.174 e. The van der Waals surface area contributed by atoms with Gasteiger partial charge in [0.2, 0.25) is 0 Å². The van der Waals surface area contributed by atoms with Crippen molar-refractivity contribution in [1.82, 2.24) is 14.7 Å². The van der Waals surface area contributed by atoms with Crippen molar-refractivity contribution >= 4 is 23.3 Å². The number of nitrogens with one attached hydrogen (secondary N) is 1. The summed E-state index contributed by atoms with van der Waals surface area (Å²) in [6.45, 7) is 3.99. The second-order valence-electron chi connectivity index (χ2n) is 4.35. The lowest BCUT2D eigenvalue weighted by Crippen LogP contribution is -2.19. The van der Waals surface area contributed by atoms with Crippen molar-refractivity contribution < 1.29 is 9.13 Å². The van der Waals surface area contributed by atoms with E-state index in [0.29, 0.717) is 13.2 Å². The Morgan fingerprint density at radius 3 is 3.00 bits per heavy atom. The zero-order chi connectivity index (χ0) is 15.1. The van der Waals surface area contributed by atoms with Crippen molar-refractivity contribution in [3.63, 3.8) is 0 Å². The van der Waals surface area contributed by atoms with Crippen LogP contribution in [0.3, 0.4) is 0 Å².